The smallest absolute Gasteiger partial charge is 0.252 e. The van der Waals surface area contributed by atoms with Gasteiger partial charge in [0.25, 0.3) is 5.56 Å². The van der Waals surface area contributed by atoms with E-state index in [1.807, 2.05) is 6.07 Å². The van der Waals surface area contributed by atoms with Crippen LogP contribution in [0.15, 0.2) is 10.9 Å². The summed E-state index contributed by atoms with van der Waals surface area (Å²) in [5.74, 6) is 0.439. The van der Waals surface area contributed by atoms with Crippen molar-refractivity contribution in [3.8, 4) is 0 Å². The van der Waals surface area contributed by atoms with Gasteiger partial charge in [-0.25, -0.2) is 0 Å². The number of nitrogens with one attached hydrogen (secondary N) is 1. The van der Waals surface area contributed by atoms with Crippen molar-refractivity contribution >= 4 is 0 Å². The molecule has 82 valence electrons. The van der Waals surface area contributed by atoms with Crippen LogP contribution in [0.1, 0.15) is 49.9 Å². The van der Waals surface area contributed by atoms with Crippen LogP contribution in [0, 0.1) is 0 Å². The highest BCUT2D eigenvalue weighted by Gasteiger charge is 2.35. The minimum atomic E-state index is -0.0270. The summed E-state index contributed by atoms with van der Waals surface area (Å²) in [7, 11) is 0. The summed E-state index contributed by atoms with van der Waals surface area (Å²) in [4.78, 5) is 14.6. The zero-order chi connectivity index (χ0) is 11.2. The summed E-state index contributed by atoms with van der Waals surface area (Å²) < 4.78 is 0. The van der Waals surface area contributed by atoms with Crippen LogP contribution in [0.3, 0.4) is 0 Å². The van der Waals surface area contributed by atoms with E-state index in [9.17, 15) is 4.79 Å². The Balaban J connectivity index is 2.66. The number of hydrogen-bond donors (Lipinski definition) is 2. The largest absolute Gasteiger partial charge is 0.326 e. The molecule has 15 heavy (non-hydrogen) atoms. The Labute approximate surface area is 89.7 Å². The summed E-state index contributed by atoms with van der Waals surface area (Å²) >= 11 is 0. The second-order valence-corrected chi connectivity index (χ2v) is 5.14. The molecule has 0 amide bonds. The van der Waals surface area contributed by atoms with Crippen molar-refractivity contribution in [2.45, 2.75) is 45.1 Å². The molecule has 1 aromatic rings. The van der Waals surface area contributed by atoms with E-state index in [0.29, 0.717) is 18.0 Å². The predicted octanol–water partition coefficient (Wildman–Crippen LogP) is 1.62. The summed E-state index contributed by atoms with van der Waals surface area (Å²) in [6.45, 7) is 6.90. The molecule has 0 saturated heterocycles. The van der Waals surface area contributed by atoms with E-state index in [0.717, 1.165) is 12.1 Å². The Kier molecular flexibility index (Phi) is 2.23. The van der Waals surface area contributed by atoms with Crippen LogP contribution in [0.5, 0.6) is 0 Å². The van der Waals surface area contributed by atoms with E-state index < -0.39 is 0 Å². The first kappa shape index (κ1) is 10.4. The van der Waals surface area contributed by atoms with E-state index >= 15 is 0 Å². The average molecular weight is 206 g/mol. The molecule has 0 fully saturated rings. The van der Waals surface area contributed by atoms with Gasteiger partial charge >= 0.3 is 0 Å². The highest BCUT2D eigenvalue weighted by Crippen LogP contribution is 2.43. The molecule has 1 aromatic heterocycles. The lowest BCUT2D eigenvalue weighted by Crippen LogP contribution is -2.20. The molecule has 0 aromatic carbocycles. The number of fused-ring (bicyclic) bond motifs is 1. The number of pyridine rings is 1. The van der Waals surface area contributed by atoms with Gasteiger partial charge < -0.3 is 10.7 Å². The monoisotopic (exact) mass is 206 g/mol. The van der Waals surface area contributed by atoms with Gasteiger partial charge in [0, 0.05) is 17.8 Å². The maximum atomic E-state index is 11.6. The molecule has 1 aliphatic carbocycles. The van der Waals surface area contributed by atoms with Gasteiger partial charge in [-0.3, -0.25) is 4.79 Å². The summed E-state index contributed by atoms with van der Waals surface area (Å²) in [5, 5.41) is 0. The zero-order valence-corrected chi connectivity index (χ0v) is 9.55. The average Bonchev–Trinajstić information content (AvgIpc) is 2.36. The second kappa shape index (κ2) is 3.20. The fourth-order valence-corrected chi connectivity index (χ4v) is 2.67. The minimum Gasteiger partial charge on any atom is -0.326 e. The molecule has 0 spiro atoms. The highest BCUT2D eigenvalue weighted by molar-refractivity contribution is 5.38. The second-order valence-electron chi connectivity index (χ2n) is 5.14. The maximum absolute atomic E-state index is 11.6. The number of nitrogens with two attached hydrogens (primary N) is 1. The molecule has 0 aliphatic heterocycles. The third-order valence-corrected chi connectivity index (χ3v) is 3.41. The zero-order valence-electron chi connectivity index (χ0n) is 9.55. The molecular weight excluding hydrogens is 188 g/mol. The van der Waals surface area contributed by atoms with Crippen LogP contribution in [-0.2, 0) is 12.0 Å². The molecular formula is C12H18N2O. The standard InChI is InChI=1S/C12H18N2O/c1-7-5-12(2,3)9-4-8(6-13)11(15)14-10(7)9/h4,7H,5-6,13H2,1-3H3,(H,14,15). The Hall–Kier alpha value is -1.09. The quantitative estimate of drug-likeness (QED) is 0.733. The number of aromatic amines is 1. The van der Waals surface area contributed by atoms with Crippen LogP contribution in [0.2, 0.25) is 0 Å². The summed E-state index contributed by atoms with van der Waals surface area (Å²) in [6, 6.07) is 1.98. The van der Waals surface area contributed by atoms with Gasteiger partial charge in [0.2, 0.25) is 0 Å². The lowest BCUT2D eigenvalue weighted by atomic mass is 9.86. The third kappa shape index (κ3) is 1.51. The Morgan fingerprint density at radius 3 is 2.87 bits per heavy atom. The molecule has 0 bridgehead atoms. The molecule has 1 unspecified atom stereocenters. The molecule has 3 heteroatoms. The number of H-pyrrole nitrogens is 1. The highest BCUT2D eigenvalue weighted by atomic mass is 16.1. The minimum absolute atomic E-state index is 0.0270. The van der Waals surface area contributed by atoms with Crippen molar-refractivity contribution in [3.05, 3.63) is 33.2 Å². The SMILES string of the molecule is CC1CC(C)(C)c2cc(CN)c(=O)[nH]c21. The van der Waals surface area contributed by atoms with Crippen LogP contribution >= 0.6 is 0 Å². The maximum Gasteiger partial charge on any atom is 0.252 e. The fraction of sp³-hybridized carbons (Fsp3) is 0.583. The normalized spacial score (nSPS) is 22.8. The topological polar surface area (TPSA) is 58.9 Å². The molecule has 1 aliphatic rings. The van der Waals surface area contributed by atoms with Crippen molar-refractivity contribution in [2.24, 2.45) is 5.73 Å². The molecule has 1 atom stereocenters. The van der Waals surface area contributed by atoms with Gasteiger partial charge in [0.15, 0.2) is 0 Å². The predicted molar refractivity (Wildman–Crippen MR) is 61.0 cm³/mol. The van der Waals surface area contributed by atoms with E-state index in [-0.39, 0.29) is 11.0 Å². The van der Waals surface area contributed by atoms with Crippen LogP contribution < -0.4 is 11.3 Å². The van der Waals surface area contributed by atoms with E-state index in [1.165, 1.54) is 5.56 Å². The van der Waals surface area contributed by atoms with Crippen LogP contribution in [0.4, 0.5) is 0 Å². The van der Waals surface area contributed by atoms with Crippen LogP contribution in [0.25, 0.3) is 0 Å². The number of rotatable bonds is 1. The Bertz CT molecular complexity index is 445. The van der Waals surface area contributed by atoms with Crippen molar-refractivity contribution < 1.29 is 0 Å². The van der Waals surface area contributed by atoms with Crippen LogP contribution in [-0.4, -0.2) is 4.98 Å². The van der Waals surface area contributed by atoms with Gasteiger partial charge in [-0.05, 0) is 29.4 Å². The van der Waals surface area contributed by atoms with E-state index in [1.54, 1.807) is 0 Å². The molecule has 2 rings (SSSR count). The summed E-state index contributed by atoms with van der Waals surface area (Å²) in [6.07, 6.45) is 1.09. The lowest BCUT2D eigenvalue weighted by molar-refractivity contribution is 0.488. The molecule has 0 radical (unpaired) electrons. The Morgan fingerprint density at radius 2 is 2.27 bits per heavy atom. The first-order chi connectivity index (χ1) is 6.95. The van der Waals surface area contributed by atoms with Gasteiger partial charge in [0.05, 0.1) is 0 Å². The molecule has 3 N–H and O–H groups in total. The molecule has 0 saturated carbocycles. The molecule has 1 heterocycles. The van der Waals surface area contributed by atoms with Gasteiger partial charge in [-0.15, -0.1) is 0 Å². The Morgan fingerprint density at radius 1 is 1.60 bits per heavy atom. The van der Waals surface area contributed by atoms with Gasteiger partial charge in [0.1, 0.15) is 0 Å². The fourth-order valence-electron chi connectivity index (χ4n) is 2.67. The first-order valence-corrected chi connectivity index (χ1v) is 5.42. The molecule has 3 nitrogen and oxygen atoms in total. The number of aromatic nitrogens is 1. The van der Waals surface area contributed by atoms with Gasteiger partial charge in [-0.2, -0.15) is 0 Å². The van der Waals surface area contributed by atoms with E-state index in [2.05, 4.69) is 25.8 Å². The van der Waals surface area contributed by atoms with Crippen molar-refractivity contribution in [2.75, 3.05) is 0 Å². The van der Waals surface area contributed by atoms with Crippen molar-refractivity contribution in [1.29, 1.82) is 0 Å². The van der Waals surface area contributed by atoms with E-state index in [4.69, 9.17) is 5.73 Å². The van der Waals surface area contributed by atoms with Gasteiger partial charge in [-0.1, -0.05) is 20.8 Å². The number of hydrogen-bond acceptors (Lipinski definition) is 2. The van der Waals surface area contributed by atoms with Crippen molar-refractivity contribution in [3.63, 3.8) is 0 Å². The summed E-state index contributed by atoms with van der Waals surface area (Å²) in [5.41, 5.74) is 8.73. The van der Waals surface area contributed by atoms with Crippen molar-refractivity contribution in [1.82, 2.24) is 4.98 Å². The third-order valence-electron chi connectivity index (χ3n) is 3.41. The first-order valence-electron chi connectivity index (χ1n) is 5.42. The lowest BCUT2D eigenvalue weighted by Gasteiger charge is -2.18.